The number of rotatable bonds is 2. The van der Waals surface area contributed by atoms with Gasteiger partial charge in [-0.05, 0) is 44.4 Å². The molecule has 0 unspecified atom stereocenters. The van der Waals surface area contributed by atoms with Gasteiger partial charge in [0, 0.05) is 0 Å². The lowest BCUT2D eigenvalue weighted by Crippen LogP contribution is -2.49. The predicted molar refractivity (Wildman–Crippen MR) is 72.9 cm³/mol. The highest BCUT2D eigenvalue weighted by Crippen LogP contribution is 2.51. The van der Waals surface area contributed by atoms with Gasteiger partial charge in [0.25, 0.3) is 0 Å². The molecule has 0 atom stereocenters. The van der Waals surface area contributed by atoms with Gasteiger partial charge in [0.1, 0.15) is 0 Å². The minimum atomic E-state index is -0.697. The number of nitrogens with zero attached hydrogens (tertiary/aromatic N) is 1. The average molecular weight is 249 g/mol. The third kappa shape index (κ3) is 2.43. The number of hydrogen-bond donors (Lipinski definition) is 1. The topological polar surface area (TPSA) is 44.0 Å². The van der Waals surface area contributed by atoms with Crippen molar-refractivity contribution in [2.75, 3.05) is 0 Å². The maximum atomic E-state index is 11.1. The van der Waals surface area contributed by atoms with Gasteiger partial charge < -0.3 is 5.11 Å². The van der Waals surface area contributed by atoms with Crippen LogP contribution in [0, 0.1) is 22.7 Å². The quantitative estimate of drug-likeness (QED) is 0.746. The number of nitriles is 1. The highest BCUT2D eigenvalue weighted by atomic mass is 16.3. The van der Waals surface area contributed by atoms with Crippen molar-refractivity contribution in [2.45, 2.75) is 83.2 Å². The lowest BCUT2D eigenvalue weighted by atomic mass is 9.59. The molecule has 2 aliphatic carbocycles. The van der Waals surface area contributed by atoms with Crippen molar-refractivity contribution >= 4 is 0 Å². The van der Waals surface area contributed by atoms with Crippen molar-refractivity contribution < 1.29 is 5.11 Å². The fraction of sp³-hybridized carbons (Fsp3) is 0.938. The summed E-state index contributed by atoms with van der Waals surface area (Å²) in [6, 6.07) is 2.55. The van der Waals surface area contributed by atoms with E-state index >= 15 is 0 Å². The Hall–Kier alpha value is -0.550. The van der Waals surface area contributed by atoms with Crippen molar-refractivity contribution in [1.29, 1.82) is 5.26 Å². The summed E-state index contributed by atoms with van der Waals surface area (Å²) in [5.41, 5.74) is -1.14. The Labute approximate surface area is 111 Å². The summed E-state index contributed by atoms with van der Waals surface area (Å²) in [5.74, 6) is 0.779. The largest absolute Gasteiger partial charge is 0.388 e. The molecule has 2 fully saturated rings. The van der Waals surface area contributed by atoms with Crippen LogP contribution < -0.4 is 0 Å². The van der Waals surface area contributed by atoms with Gasteiger partial charge in [0.15, 0.2) is 0 Å². The van der Waals surface area contributed by atoms with E-state index in [4.69, 9.17) is 0 Å². The summed E-state index contributed by atoms with van der Waals surface area (Å²) in [4.78, 5) is 0. The van der Waals surface area contributed by atoms with E-state index in [1.807, 2.05) is 0 Å². The van der Waals surface area contributed by atoms with Crippen LogP contribution >= 0.6 is 0 Å². The van der Waals surface area contributed by atoms with E-state index < -0.39 is 11.0 Å². The van der Waals surface area contributed by atoms with E-state index in [9.17, 15) is 10.4 Å². The number of hydrogen-bond acceptors (Lipinski definition) is 2. The number of aliphatic hydroxyl groups is 1. The molecule has 2 rings (SSSR count). The van der Waals surface area contributed by atoms with Crippen LogP contribution in [0.5, 0.6) is 0 Å². The Balaban J connectivity index is 2.14. The summed E-state index contributed by atoms with van der Waals surface area (Å²) in [6.45, 7) is 2.24. The summed E-state index contributed by atoms with van der Waals surface area (Å²) in [7, 11) is 0. The maximum Gasteiger partial charge on any atom is 0.0860 e. The van der Waals surface area contributed by atoms with E-state index in [-0.39, 0.29) is 0 Å². The van der Waals surface area contributed by atoms with Gasteiger partial charge in [-0.2, -0.15) is 5.26 Å². The zero-order valence-corrected chi connectivity index (χ0v) is 11.7. The van der Waals surface area contributed by atoms with Crippen molar-refractivity contribution in [3.8, 4) is 6.07 Å². The molecule has 2 heteroatoms. The summed E-state index contributed by atoms with van der Waals surface area (Å²) in [5, 5.41) is 20.8. The van der Waals surface area contributed by atoms with E-state index in [0.717, 1.165) is 57.3 Å². The van der Waals surface area contributed by atoms with Crippen LogP contribution in [0.3, 0.4) is 0 Å². The summed E-state index contributed by atoms with van der Waals surface area (Å²) < 4.78 is 0. The molecule has 0 saturated heterocycles. The molecule has 18 heavy (non-hydrogen) atoms. The van der Waals surface area contributed by atoms with Crippen LogP contribution in [0.25, 0.3) is 0 Å². The van der Waals surface area contributed by atoms with Crippen molar-refractivity contribution in [3.05, 3.63) is 0 Å². The molecular weight excluding hydrogens is 222 g/mol. The normalized spacial score (nSPS) is 36.6. The Morgan fingerprint density at radius 1 is 1.06 bits per heavy atom. The molecule has 102 valence electrons. The maximum absolute atomic E-state index is 11.1. The van der Waals surface area contributed by atoms with E-state index in [1.165, 1.54) is 19.3 Å². The van der Waals surface area contributed by atoms with Gasteiger partial charge in [0.2, 0.25) is 0 Å². The second-order valence-corrected chi connectivity index (χ2v) is 6.49. The Morgan fingerprint density at radius 2 is 1.61 bits per heavy atom. The van der Waals surface area contributed by atoms with E-state index in [0.29, 0.717) is 0 Å². The lowest BCUT2D eigenvalue weighted by molar-refractivity contribution is -0.0886. The van der Waals surface area contributed by atoms with Gasteiger partial charge in [0.05, 0.1) is 17.1 Å². The highest BCUT2D eigenvalue weighted by molar-refractivity contribution is 5.13. The van der Waals surface area contributed by atoms with Gasteiger partial charge in [-0.1, -0.05) is 39.0 Å². The van der Waals surface area contributed by atoms with E-state index in [1.54, 1.807) is 0 Å². The van der Waals surface area contributed by atoms with Crippen LogP contribution in [0.15, 0.2) is 0 Å². The van der Waals surface area contributed by atoms with Crippen LogP contribution in [0.1, 0.15) is 77.6 Å². The second-order valence-electron chi connectivity index (χ2n) is 6.49. The third-order valence-electron chi connectivity index (χ3n) is 5.57. The van der Waals surface area contributed by atoms with Gasteiger partial charge in [-0.3, -0.25) is 0 Å². The predicted octanol–water partition coefficient (Wildman–Crippen LogP) is 4.18. The van der Waals surface area contributed by atoms with Crippen molar-refractivity contribution in [1.82, 2.24) is 0 Å². The lowest BCUT2D eigenvalue weighted by Gasteiger charge is -2.46. The zero-order valence-electron chi connectivity index (χ0n) is 11.7. The van der Waals surface area contributed by atoms with Crippen LogP contribution in [0.2, 0.25) is 0 Å². The monoisotopic (exact) mass is 249 g/mol. The average Bonchev–Trinajstić information content (AvgIpc) is 2.65. The Bertz CT molecular complexity index is 302. The fourth-order valence-electron chi connectivity index (χ4n) is 4.05. The summed E-state index contributed by atoms with van der Waals surface area (Å²) in [6.07, 6.45) is 11.6. The smallest absolute Gasteiger partial charge is 0.0860 e. The van der Waals surface area contributed by atoms with Crippen LogP contribution in [0.4, 0.5) is 0 Å². The highest BCUT2D eigenvalue weighted by Gasteiger charge is 2.51. The Morgan fingerprint density at radius 3 is 2.06 bits per heavy atom. The van der Waals surface area contributed by atoms with Crippen LogP contribution in [-0.2, 0) is 0 Å². The molecule has 2 aliphatic rings. The first-order valence-corrected chi connectivity index (χ1v) is 7.79. The first kappa shape index (κ1) is 13.9. The molecule has 0 aromatic heterocycles. The van der Waals surface area contributed by atoms with Gasteiger partial charge >= 0.3 is 0 Å². The molecule has 2 saturated carbocycles. The Kier molecular flexibility index (Phi) is 4.33. The molecule has 0 aromatic rings. The molecular formula is C16H27NO. The molecule has 2 nitrogen and oxygen atoms in total. The second kappa shape index (κ2) is 5.61. The molecule has 0 aliphatic heterocycles. The van der Waals surface area contributed by atoms with Gasteiger partial charge in [-0.25, -0.2) is 0 Å². The SMILES string of the molecule is CCC1CCC(C#N)(C2(O)CCCCCC2)CC1. The first-order chi connectivity index (χ1) is 8.66. The minimum absolute atomic E-state index is 0.441. The molecule has 1 N–H and O–H groups in total. The third-order valence-corrected chi connectivity index (χ3v) is 5.57. The minimum Gasteiger partial charge on any atom is -0.388 e. The molecule has 0 aromatic carbocycles. The summed E-state index contributed by atoms with van der Waals surface area (Å²) >= 11 is 0. The molecule has 0 radical (unpaired) electrons. The molecule has 0 spiro atoms. The van der Waals surface area contributed by atoms with E-state index in [2.05, 4.69) is 13.0 Å². The standard InChI is InChI=1S/C16H27NO/c1-2-14-7-11-15(13-17,12-8-14)16(18)9-5-3-4-6-10-16/h14,18H,2-12H2,1H3. The van der Waals surface area contributed by atoms with Crippen molar-refractivity contribution in [3.63, 3.8) is 0 Å². The molecule has 0 heterocycles. The van der Waals surface area contributed by atoms with Crippen molar-refractivity contribution in [2.24, 2.45) is 11.3 Å². The fourth-order valence-corrected chi connectivity index (χ4v) is 4.05. The zero-order chi connectivity index (χ0) is 13.1. The van der Waals surface area contributed by atoms with Gasteiger partial charge in [-0.15, -0.1) is 0 Å². The van der Waals surface area contributed by atoms with Crippen LogP contribution in [-0.4, -0.2) is 10.7 Å². The first-order valence-electron chi connectivity index (χ1n) is 7.79. The molecule has 0 bridgehead atoms. The molecule has 0 amide bonds.